The van der Waals surface area contributed by atoms with Crippen LogP contribution in [-0.4, -0.2) is 30.5 Å². The summed E-state index contributed by atoms with van der Waals surface area (Å²) >= 11 is 0. The molecular formula is C23H26N6. The van der Waals surface area contributed by atoms with Gasteiger partial charge in [-0.1, -0.05) is 37.3 Å². The van der Waals surface area contributed by atoms with Gasteiger partial charge in [0, 0.05) is 29.7 Å². The third kappa shape index (κ3) is 3.88. The van der Waals surface area contributed by atoms with Crippen LogP contribution >= 0.6 is 0 Å². The molecule has 0 amide bonds. The summed E-state index contributed by atoms with van der Waals surface area (Å²) in [5.41, 5.74) is 3.00. The number of fused-ring (bicyclic) bond motifs is 1. The quantitative estimate of drug-likeness (QED) is 0.514. The Hall–Kier alpha value is -3.15. The summed E-state index contributed by atoms with van der Waals surface area (Å²) in [6.07, 6.45) is 10.5. The Morgan fingerprint density at radius 3 is 2.69 bits per heavy atom. The van der Waals surface area contributed by atoms with E-state index in [-0.39, 0.29) is 0 Å². The highest BCUT2D eigenvalue weighted by Crippen LogP contribution is 2.30. The van der Waals surface area contributed by atoms with Gasteiger partial charge in [0.1, 0.15) is 11.5 Å². The number of imidazole rings is 1. The van der Waals surface area contributed by atoms with Gasteiger partial charge in [0.05, 0.1) is 18.3 Å². The topological polar surface area (TPSA) is 71.4 Å². The van der Waals surface area contributed by atoms with Gasteiger partial charge in [0.15, 0.2) is 5.82 Å². The van der Waals surface area contributed by atoms with Crippen molar-refractivity contribution in [3.8, 4) is 11.4 Å². The van der Waals surface area contributed by atoms with Crippen LogP contribution in [0, 0.1) is 5.92 Å². The van der Waals surface area contributed by atoms with Crippen molar-refractivity contribution in [3.05, 3.63) is 60.8 Å². The number of hydrogen-bond acceptors (Lipinski definition) is 4. The van der Waals surface area contributed by atoms with Gasteiger partial charge in [0.25, 0.3) is 0 Å². The van der Waals surface area contributed by atoms with E-state index in [4.69, 9.17) is 9.97 Å². The number of aromatic nitrogens is 5. The summed E-state index contributed by atoms with van der Waals surface area (Å²) < 4.78 is 2.05. The third-order valence-corrected chi connectivity index (χ3v) is 5.84. The fraction of sp³-hybridized carbons (Fsp3) is 0.348. The van der Waals surface area contributed by atoms with Gasteiger partial charge >= 0.3 is 0 Å². The van der Waals surface area contributed by atoms with E-state index in [2.05, 4.69) is 40.4 Å². The normalized spacial score (nSPS) is 19.5. The summed E-state index contributed by atoms with van der Waals surface area (Å²) in [5.74, 6) is 2.51. The van der Waals surface area contributed by atoms with Crippen molar-refractivity contribution in [2.75, 3.05) is 5.32 Å². The summed E-state index contributed by atoms with van der Waals surface area (Å²) in [6.45, 7) is 3.08. The van der Waals surface area contributed by atoms with Gasteiger partial charge in [-0.15, -0.1) is 0 Å². The number of aromatic amines is 1. The molecule has 0 aliphatic heterocycles. The molecule has 2 N–H and O–H groups in total. The molecule has 1 aromatic carbocycles. The van der Waals surface area contributed by atoms with Crippen LogP contribution in [0.4, 0.5) is 5.82 Å². The maximum atomic E-state index is 4.93. The minimum atomic E-state index is 0.472. The molecule has 1 aliphatic rings. The summed E-state index contributed by atoms with van der Waals surface area (Å²) in [5, 5.41) is 4.79. The van der Waals surface area contributed by atoms with Crippen LogP contribution in [0.3, 0.4) is 0 Å². The second-order valence-corrected chi connectivity index (χ2v) is 8.15. The maximum Gasteiger partial charge on any atom is 0.163 e. The lowest BCUT2D eigenvalue weighted by atomic mass is 9.87. The SMILES string of the molecule is CC1CCC(Nc2nc(-c3ccccc3)nc3[nH]c(Cn4ccnc4)cc23)CC1. The van der Waals surface area contributed by atoms with Crippen molar-refractivity contribution >= 4 is 16.9 Å². The van der Waals surface area contributed by atoms with Crippen molar-refractivity contribution in [2.45, 2.75) is 45.2 Å². The molecule has 0 bridgehead atoms. The number of rotatable bonds is 5. The standard InChI is InChI=1S/C23H26N6/c1-16-7-9-18(10-8-16)25-22-20-13-19(14-29-12-11-24-15-29)26-23(20)28-21(27-22)17-5-3-2-4-6-17/h2-6,11-13,15-16,18H,7-10,14H2,1H3,(H2,25,26,27,28). The average Bonchev–Trinajstić information content (AvgIpc) is 3.40. The zero-order valence-corrected chi connectivity index (χ0v) is 16.7. The molecule has 3 aromatic heterocycles. The van der Waals surface area contributed by atoms with E-state index in [0.29, 0.717) is 6.04 Å². The molecule has 6 heteroatoms. The number of H-pyrrole nitrogens is 1. The van der Waals surface area contributed by atoms with Gasteiger partial charge in [0.2, 0.25) is 0 Å². The second kappa shape index (κ2) is 7.70. The van der Waals surface area contributed by atoms with E-state index >= 15 is 0 Å². The predicted molar refractivity (Wildman–Crippen MR) is 116 cm³/mol. The van der Waals surface area contributed by atoms with Crippen molar-refractivity contribution in [3.63, 3.8) is 0 Å². The Morgan fingerprint density at radius 2 is 1.93 bits per heavy atom. The van der Waals surface area contributed by atoms with Crippen LogP contribution in [0.1, 0.15) is 38.3 Å². The van der Waals surface area contributed by atoms with Crippen molar-refractivity contribution in [1.29, 1.82) is 0 Å². The average molecular weight is 387 g/mol. The highest BCUT2D eigenvalue weighted by molar-refractivity contribution is 5.89. The van der Waals surface area contributed by atoms with Gasteiger partial charge in [-0.05, 0) is 37.7 Å². The number of nitrogens with zero attached hydrogens (tertiary/aromatic N) is 4. The molecule has 1 aliphatic carbocycles. The first-order valence-corrected chi connectivity index (χ1v) is 10.4. The van der Waals surface area contributed by atoms with E-state index in [1.54, 1.807) is 6.20 Å². The van der Waals surface area contributed by atoms with E-state index in [1.165, 1.54) is 25.7 Å². The molecule has 4 aromatic rings. The fourth-order valence-electron chi connectivity index (χ4n) is 4.15. The van der Waals surface area contributed by atoms with Crippen molar-refractivity contribution < 1.29 is 0 Å². The molecule has 1 saturated carbocycles. The molecule has 1 fully saturated rings. The lowest BCUT2D eigenvalue weighted by Gasteiger charge is -2.27. The number of benzene rings is 1. The minimum absolute atomic E-state index is 0.472. The molecule has 3 heterocycles. The monoisotopic (exact) mass is 386 g/mol. The molecule has 0 unspecified atom stereocenters. The number of nitrogens with one attached hydrogen (secondary N) is 2. The van der Waals surface area contributed by atoms with Gasteiger partial charge in [-0.3, -0.25) is 0 Å². The highest BCUT2D eigenvalue weighted by Gasteiger charge is 2.20. The first kappa shape index (κ1) is 17.9. The summed E-state index contributed by atoms with van der Waals surface area (Å²) in [7, 11) is 0. The Bertz CT molecular complexity index is 1080. The molecule has 6 nitrogen and oxygen atoms in total. The van der Waals surface area contributed by atoms with Crippen LogP contribution in [0.25, 0.3) is 22.4 Å². The molecular weight excluding hydrogens is 360 g/mol. The largest absolute Gasteiger partial charge is 0.367 e. The first-order valence-electron chi connectivity index (χ1n) is 10.4. The van der Waals surface area contributed by atoms with E-state index in [1.807, 2.05) is 35.3 Å². The molecule has 29 heavy (non-hydrogen) atoms. The second-order valence-electron chi connectivity index (χ2n) is 8.15. The lowest BCUT2D eigenvalue weighted by Crippen LogP contribution is -2.25. The van der Waals surface area contributed by atoms with Crippen LogP contribution in [0.5, 0.6) is 0 Å². The maximum absolute atomic E-state index is 4.93. The lowest BCUT2D eigenvalue weighted by molar-refractivity contribution is 0.361. The van der Waals surface area contributed by atoms with Crippen molar-refractivity contribution in [2.24, 2.45) is 5.92 Å². The molecule has 0 spiro atoms. The Kier molecular flexibility index (Phi) is 4.76. The predicted octanol–water partition coefficient (Wildman–Crippen LogP) is 4.86. The van der Waals surface area contributed by atoms with E-state index in [0.717, 1.165) is 46.4 Å². The van der Waals surface area contributed by atoms with Gasteiger partial charge < -0.3 is 14.9 Å². The number of anilines is 1. The molecule has 0 atom stereocenters. The Morgan fingerprint density at radius 1 is 1.10 bits per heavy atom. The van der Waals surface area contributed by atoms with Crippen LogP contribution in [-0.2, 0) is 6.54 Å². The zero-order valence-electron chi connectivity index (χ0n) is 16.7. The molecule has 0 saturated heterocycles. The van der Waals surface area contributed by atoms with Crippen LogP contribution < -0.4 is 5.32 Å². The number of hydrogen-bond donors (Lipinski definition) is 2. The zero-order chi connectivity index (χ0) is 19.6. The van der Waals surface area contributed by atoms with E-state index in [9.17, 15) is 0 Å². The van der Waals surface area contributed by atoms with E-state index < -0.39 is 0 Å². The Balaban J connectivity index is 1.53. The summed E-state index contributed by atoms with van der Waals surface area (Å²) in [6, 6.07) is 12.8. The molecule has 148 valence electrons. The smallest absolute Gasteiger partial charge is 0.163 e. The van der Waals surface area contributed by atoms with Gasteiger partial charge in [-0.25, -0.2) is 15.0 Å². The van der Waals surface area contributed by atoms with Gasteiger partial charge in [-0.2, -0.15) is 0 Å². The highest BCUT2D eigenvalue weighted by atomic mass is 15.1. The summed E-state index contributed by atoms with van der Waals surface area (Å²) in [4.78, 5) is 17.4. The minimum Gasteiger partial charge on any atom is -0.367 e. The van der Waals surface area contributed by atoms with Crippen LogP contribution in [0.2, 0.25) is 0 Å². The molecule has 5 rings (SSSR count). The van der Waals surface area contributed by atoms with Crippen LogP contribution in [0.15, 0.2) is 55.1 Å². The third-order valence-electron chi connectivity index (χ3n) is 5.84. The Labute approximate surface area is 170 Å². The van der Waals surface area contributed by atoms with Crippen molar-refractivity contribution in [1.82, 2.24) is 24.5 Å². The molecule has 0 radical (unpaired) electrons. The fourth-order valence-corrected chi connectivity index (χ4v) is 4.15. The first-order chi connectivity index (χ1) is 14.2.